The highest BCUT2D eigenvalue weighted by Gasteiger charge is 2.54. The van der Waals surface area contributed by atoms with Crippen molar-refractivity contribution in [1.29, 1.82) is 0 Å². The molecule has 0 aliphatic carbocycles. The molecule has 0 aromatic rings. The Hall–Kier alpha value is -0.0425. The van der Waals surface area contributed by atoms with Gasteiger partial charge >= 0.3 is 14.8 Å². The molecule has 0 heterocycles. The van der Waals surface area contributed by atoms with Crippen LogP contribution in [0.4, 0.5) is 0 Å². The second-order valence-electron chi connectivity index (χ2n) is 9.60. The Balaban J connectivity index is 7.08. The minimum atomic E-state index is -3.33. The Morgan fingerprint density at radius 2 is 0.882 bits per heavy atom. The molecule has 9 heteroatoms. The molecule has 0 aromatic carbocycles. The molecule has 0 unspecified atom stereocenters. The quantitative estimate of drug-likeness (QED) is 0.0920. The summed E-state index contributed by atoms with van der Waals surface area (Å²) in [4.78, 5) is 12.9. The predicted molar refractivity (Wildman–Crippen MR) is 156 cm³/mol. The lowest BCUT2D eigenvalue weighted by Crippen LogP contribution is -2.63. The highest BCUT2D eigenvalue weighted by molar-refractivity contribution is 6.94. The first-order chi connectivity index (χ1) is 16.0. The average Bonchev–Trinajstić information content (AvgIpc) is 2.88. The second kappa shape index (κ2) is 15.9. The summed E-state index contributed by atoms with van der Waals surface area (Å²) in [6, 6.07) is 9.18. The van der Waals surface area contributed by atoms with Crippen LogP contribution in [0, 0.1) is 0 Å². The van der Waals surface area contributed by atoms with E-state index in [4.69, 9.17) is 17.1 Å². The molecule has 0 aliphatic rings. The highest BCUT2D eigenvalue weighted by atomic mass is 28.5. The zero-order valence-corrected chi connectivity index (χ0v) is 28.4. The summed E-state index contributed by atoms with van der Waals surface area (Å²) in [6.07, 6.45) is 0.803. The molecule has 5 nitrogen and oxygen atoms in total. The lowest BCUT2D eigenvalue weighted by Gasteiger charge is -2.47. The molecule has 0 amide bonds. The lowest BCUT2D eigenvalue weighted by atomic mass is 10.4. The van der Waals surface area contributed by atoms with Crippen LogP contribution < -0.4 is 0 Å². The third-order valence-electron chi connectivity index (χ3n) is 8.03. The van der Waals surface area contributed by atoms with E-state index in [1.807, 2.05) is 19.5 Å². The van der Waals surface area contributed by atoms with Crippen LogP contribution in [-0.2, 0) is 21.9 Å². The van der Waals surface area contributed by atoms with Crippen molar-refractivity contribution in [3.63, 3.8) is 0 Å². The molecule has 0 aliphatic heterocycles. The summed E-state index contributed by atoms with van der Waals surface area (Å²) in [7, 11) is -9.62. The molecule has 34 heavy (non-hydrogen) atoms. The molecule has 0 fully saturated rings. The van der Waals surface area contributed by atoms with Gasteiger partial charge in [-0.25, -0.2) is 4.79 Å². The van der Waals surface area contributed by atoms with Crippen LogP contribution in [0.3, 0.4) is 0 Å². The molecular formula is C25H56O5Si4. The van der Waals surface area contributed by atoms with E-state index in [2.05, 4.69) is 62.3 Å². The van der Waals surface area contributed by atoms with Crippen LogP contribution in [0.15, 0.2) is 11.3 Å². The van der Waals surface area contributed by atoms with Crippen molar-refractivity contribution in [3.05, 3.63) is 11.3 Å². The van der Waals surface area contributed by atoms with Crippen LogP contribution in [0.1, 0.15) is 82.6 Å². The molecule has 0 saturated heterocycles. The summed E-state index contributed by atoms with van der Waals surface area (Å²) in [5.41, 5.74) is 2.57. The highest BCUT2D eigenvalue weighted by Crippen LogP contribution is 2.37. The van der Waals surface area contributed by atoms with Crippen molar-refractivity contribution in [1.82, 2.24) is 0 Å². The van der Waals surface area contributed by atoms with Gasteiger partial charge in [0.25, 0.3) is 0 Å². The molecule has 0 atom stereocenters. The van der Waals surface area contributed by atoms with Crippen LogP contribution in [-0.4, -0.2) is 46.3 Å². The van der Waals surface area contributed by atoms with Gasteiger partial charge in [-0.05, 0) is 73.4 Å². The van der Waals surface area contributed by atoms with Gasteiger partial charge in [-0.1, -0.05) is 69.2 Å². The third kappa shape index (κ3) is 9.12. The maximum absolute atomic E-state index is 12.9. The molecule has 0 aromatic heterocycles. The fourth-order valence-corrected chi connectivity index (χ4v) is 24.5. The zero-order valence-electron chi connectivity index (χ0n) is 24.4. The van der Waals surface area contributed by atoms with E-state index in [1.165, 1.54) is 0 Å². The van der Waals surface area contributed by atoms with Gasteiger partial charge in [-0.3, -0.25) is 0 Å². The van der Waals surface area contributed by atoms with Gasteiger partial charge in [0.05, 0.1) is 6.61 Å². The Kier molecular flexibility index (Phi) is 15.9. The normalized spacial score (nSPS) is 13.9. The van der Waals surface area contributed by atoms with Crippen LogP contribution >= 0.6 is 0 Å². The predicted octanol–water partition coefficient (Wildman–Crippen LogP) is 8.43. The van der Waals surface area contributed by atoms with Crippen molar-refractivity contribution in [2.75, 3.05) is 6.61 Å². The largest absolute Gasteiger partial charge is 0.498 e. The van der Waals surface area contributed by atoms with Gasteiger partial charge in [0, 0.05) is 5.57 Å². The Labute approximate surface area is 216 Å². The summed E-state index contributed by atoms with van der Waals surface area (Å²) < 4.78 is 27.5. The topological polar surface area (TPSA) is 54.0 Å². The number of rotatable bonds is 19. The Bertz CT molecular complexity index is 535. The van der Waals surface area contributed by atoms with Gasteiger partial charge < -0.3 is 17.1 Å². The first-order valence-corrected chi connectivity index (χ1v) is 23.4. The number of carbonyl (C=O) groups is 1. The lowest BCUT2D eigenvalue weighted by molar-refractivity contribution is -0.139. The molecule has 0 saturated carbocycles. The Morgan fingerprint density at radius 1 is 0.588 bits per heavy atom. The van der Waals surface area contributed by atoms with Gasteiger partial charge in [0.1, 0.15) is 0 Å². The minimum Gasteiger partial charge on any atom is -0.462 e. The molecule has 0 radical (unpaired) electrons. The van der Waals surface area contributed by atoms with E-state index in [0.717, 1.165) is 60.8 Å². The van der Waals surface area contributed by atoms with Crippen molar-refractivity contribution >= 4 is 39.7 Å². The average molecular weight is 549 g/mol. The van der Waals surface area contributed by atoms with Gasteiger partial charge in [-0.15, -0.1) is 0 Å². The number of hydrogen-bond donors (Lipinski definition) is 0. The Morgan fingerprint density at radius 3 is 1.12 bits per heavy atom. The van der Waals surface area contributed by atoms with Crippen LogP contribution in [0.2, 0.25) is 54.4 Å². The van der Waals surface area contributed by atoms with E-state index >= 15 is 0 Å². The summed E-state index contributed by atoms with van der Waals surface area (Å²) in [5, 5.41) is 0. The third-order valence-corrected chi connectivity index (χ3v) is 29.0. The van der Waals surface area contributed by atoms with Gasteiger partial charge in [0.2, 0.25) is 0 Å². The molecule has 0 rings (SSSR count). The molecule has 0 N–H and O–H groups in total. The first kappa shape index (κ1) is 34.0. The van der Waals surface area contributed by atoms with E-state index in [0.29, 0.717) is 12.2 Å². The maximum atomic E-state index is 12.9. The standard InChI is InChI=1S/C25H56O5Si4/c1-12-22-27-25(26)24(11)23-34(28-31(13-2,14-3)15-4,29-32(16-5,17-6)18-7)30-33(19-8,20-9)21-10/h23H,12-22H2,1-11H3. The van der Waals surface area contributed by atoms with Crippen molar-refractivity contribution in [3.8, 4) is 0 Å². The van der Waals surface area contributed by atoms with Crippen molar-refractivity contribution in [2.45, 2.75) is 137 Å². The fraction of sp³-hybridized carbons (Fsp3) is 0.880. The molecule has 202 valence electrons. The number of ether oxygens (including phenoxy) is 1. The summed E-state index contributed by atoms with van der Waals surface area (Å²) in [5.74, 6) is -0.278. The number of carbonyl (C=O) groups excluding carboxylic acids is 1. The van der Waals surface area contributed by atoms with Gasteiger partial charge in [0.15, 0.2) is 25.0 Å². The second-order valence-corrected chi connectivity index (χ2v) is 27.0. The summed E-state index contributed by atoms with van der Waals surface area (Å²) in [6.45, 7) is 24.5. The van der Waals surface area contributed by atoms with Crippen LogP contribution in [0.25, 0.3) is 0 Å². The van der Waals surface area contributed by atoms with E-state index in [-0.39, 0.29) is 5.97 Å². The molecule has 0 spiro atoms. The van der Waals surface area contributed by atoms with Gasteiger partial charge in [-0.2, -0.15) is 0 Å². The zero-order chi connectivity index (χ0) is 26.5. The van der Waals surface area contributed by atoms with E-state index in [9.17, 15) is 4.79 Å². The SMILES string of the molecule is CCCOC(=O)C(C)=C[Si](O[Si](CC)(CC)CC)(O[Si](CC)(CC)CC)O[Si](CC)(CC)CC. The monoisotopic (exact) mass is 548 g/mol. The smallest absolute Gasteiger partial charge is 0.462 e. The molecule has 0 bridgehead atoms. The van der Waals surface area contributed by atoms with E-state index in [1.54, 1.807) is 0 Å². The van der Waals surface area contributed by atoms with Crippen molar-refractivity contribution < 1.29 is 21.9 Å². The molecular weight excluding hydrogens is 493 g/mol. The van der Waals surface area contributed by atoms with Crippen LogP contribution in [0.5, 0.6) is 0 Å². The summed E-state index contributed by atoms with van der Waals surface area (Å²) >= 11 is 0. The van der Waals surface area contributed by atoms with E-state index < -0.39 is 33.8 Å². The van der Waals surface area contributed by atoms with Crippen molar-refractivity contribution in [2.24, 2.45) is 0 Å². The maximum Gasteiger partial charge on any atom is 0.498 e. The number of esters is 1. The fourth-order valence-electron chi connectivity index (χ4n) is 4.59. The number of hydrogen-bond acceptors (Lipinski definition) is 5. The first-order valence-electron chi connectivity index (χ1n) is 14.0. The minimum absolute atomic E-state index is 0.278.